The van der Waals surface area contributed by atoms with Gasteiger partial charge in [-0.2, -0.15) is 0 Å². The lowest BCUT2D eigenvalue weighted by Gasteiger charge is -2.43. The molecule has 1 atom stereocenters. The number of amides is 1. The van der Waals surface area contributed by atoms with Gasteiger partial charge in [0, 0.05) is 13.1 Å². The molecule has 0 spiro atoms. The van der Waals surface area contributed by atoms with Gasteiger partial charge in [0.05, 0.1) is 17.5 Å². The van der Waals surface area contributed by atoms with Crippen LogP contribution in [-0.2, 0) is 14.1 Å². The minimum Gasteiger partial charge on any atom is -0.544 e. The van der Waals surface area contributed by atoms with Crippen molar-refractivity contribution in [3.63, 3.8) is 0 Å². The van der Waals surface area contributed by atoms with Gasteiger partial charge in [-0.05, 0) is 61.7 Å². The average Bonchev–Trinajstić information content (AvgIpc) is 3.33. The minimum atomic E-state index is -2.20. The molecule has 4 rings (SSSR count). The van der Waals surface area contributed by atoms with Gasteiger partial charge in [0.2, 0.25) is 8.32 Å². The van der Waals surface area contributed by atoms with Gasteiger partial charge in [-0.25, -0.2) is 5.06 Å². The van der Waals surface area contributed by atoms with Crippen LogP contribution in [0, 0.1) is 0 Å². The Morgan fingerprint density at radius 2 is 1.73 bits per heavy atom. The molecule has 2 aromatic rings. The first-order valence-corrected chi connectivity index (χ1v) is 14.8. The molecule has 2 aliphatic heterocycles. The van der Waals surface area contributed by atoms with Crippen LogP contribution in [0.2, 0.25) is 18.1 Å². The van der Waals surface area contributed by atoms with Gasteiger partial charge in [-0.3, -0.25) is 9.63 Å². The van der Waals surface area contributed by atoms with Gasteiger partial charge >= 0.3 is 0 Å². The summed E-state index contributed by atoms with van der Waals surface area (Å²) >= 11 is 0. The van der Waals surface area contributed by atoms with E-state index in [0.29, 0.717) is 17.1 Å². The number of carbonyl (C=O) groups excluding carboxylic acids is 1. The molecule has 0 aliphatic carbocycles. The smallest absolute Gasteiger partial charge is 0.255 e. The van der Waals surface area contributed by atoms with Gasteiger partial charge in [-0.1, -0.05) is 39.0 Å². The fourth-order valence-electron chi connectivity index (χ4n) is 4.10. The van der Waals surface area contributed by atoms with Crippen LogP contribution in [0.15, 0.2) is 64.5 Å². The molecular formula is C26H36N2O4Si. The van der Waals surface area contributed by atoms with Gasteiger partial charge in [0.15, 0.2) is 0 Å². The molecule has 2 aliphatic rings. The molecule has 7 heteroatoms. The Labute approximate surface area is 198 Å². The number of hydrogen-bond donors (Lipinski definition) is 0. The molecule has 178 valence electrons. The highest BCUT2D eigenvalue weighted by Crippen LogP contribution is 2.43. The summed E-state index contributed by atoms with van der Waals surface area (Å²) in [7, 11) is -2.20. The Hall–Kier alpha value is -2.51. The van der Waals surface area contributed by atoms with Crippen LogP contribution < -0.4 is 5.06 Å². The van der Waals surface area contributed by atoms with E-state index in [1.54, 1.807) is 11.3 Å². The highest BCUT2D eigenvalue weighted by Gasteiger charge is 2.45. The molecule has 0 saturated carbocycles. The van der Waals surface area contributed by atoms with Crippen LogP contribution in [0.5, 0.6) is 0 Å². The van der Waals surface area contributed by atoms with Crippen LogP contribution in [0.4, 0.5) is 5.69 Å². The van der Waals surface area contributed by atoms with Gasteiger partial charge in [-0.15, -0.1) is 0 Å². The zero-order chi connectivity index (χ0) is 23.6. The second kappa shape index (κ2) is 9.39. The number of benzene rings is 1. The Balaban J connectivity index is 1.84. The third-order valence-electron chi connectivity index (χ3n) is 7.02. The lowest BCUT2D eigenvalue weighted by atomic mass is 9.98. The molecule has 1 amide bonds. The molecule has 3 heterocycles. The topological polar surface area (TPSA) is 55.2 Å². The molecule has 0 radical (unpaired) electrons. The highest BCUT2D eigenvalue weighted by atomic mass is 28.4. The molecule has 0 bridgehead atoms. The summed E-state index contributed by atoms with van der Waals surface area (Å²) in [5.41, 5.74) is 1.50. The van der Waals surface area contributed by atoms with Gasteiger partial charge < -0.3 is 13.7 Å². The Morgan fingerprint density at radius 3 is 2.33 bits per heavy atom. The molecule has 1 aromatic carbocycles. The number of carbonyl (C=O) groups is 1. The maximum absolute atomic E-state index is 14.1. The molecular weight excluding hydrogens is 432 g/mol. The van der Waals surface area contributed by atoms with Crippen molar-refractivity contribution in [1.29, 1.82) is 0 Å². The first-order chi connectivity index (χ1) is 15.7. The van der Waals surface area contributed by atoms with E-state index in [1.165, 1.54) is 0 Å². The van der Waals surface area contributed by atoms with Crippen LogP contribution in [-0.4, -0.2) is 38.8 Å². The molecule has 1 saturated heterocycles. The number of hydroxylamine groups is 1. The highest BCUT2D eigenvalue weighted by molar-refractivity contribution is 6.74. The summed E-state index contributed by atoms with van der Waals surface area (Å²) in [5.74, 6) is 1.33. The second-order valence-electron chi connectivity index (χ2n) is 10.4. The number of piperidine rings is 1. The second-order valence-corrected chi connectivity index (χ2v) is 15.1. The normalized spacial score (nSPS) is 20.2. The first-order valence-electron chi connectivity index (χ1n) is 11.9. The molecule has 0 N–H and O–H groups in total. The molecule has 1 aromatic heterocycles. The van der Waals surface area contributed by atoms with E-state index in [-0.39, 0.29) is 17.6 Å². The summed E-state index contributed by atoms with van der Waals surface area (Å²) < 4.78 is 12.6. The number of furan rings is 1. The van der Waals surface area contributed by atoms with E-state index < -0.39 is 14.4 Å². The zero-order valence-corrected chi connectivity index (χ0v) is 21.5. The Kier molecular flexibility index (Phi) is 6.72. The third kappa shape index (κ3) is 4.89. The fraction of sp³-hybridized carbons (Fsp3) is 0.500. The van der Waals surface area contributed by atoms with E-state index in [2.05, 4.69) is 33.9 Å². The van der Waals surface area contributed by atoms with Crippen molar-refractivity contribution in [3.8, 4) is 0 Å². The summed E-state index contributed by atoms with van der Waals surface area (Å²) in [6.07, 6.45) is 4.87. The van der Waals surface area contributed by atoms with Crippen LogP contribution in [0.25, 0.3) is 0 Å². The molecule has 1 unspecified atom stereocenters. The van der Waals surface area contributed by atoms with Crippen molar-refractivity contribution in [1.82, 2.24) is 4.90 Å². The molecule has 33 heavy (non-hydrogen) atoms. The standard InChI is InChI=1S/C26H36N2O4Si/c1-26(2,3)33(4,5)32-22-19-31-28(20-13-8-6-9-14-20)24(21-15-12-18-30-21)23(22)25(29)27-16-10-7-11-17-27/h6,8-9,12-15,18,24H,7,10-11,16-17,19H2,1-5H3. The van der Waals surface area contributed by atoms with Crippen molar-refractivity contribution in [2.45, 2.75) is 64.2 Å². The number of likely N-dealkylation sites (tertiary alicyclic amines) is 1. The summed E-state index contributed by atoms with van der Waals surface area (Å²) in [5, 5.41) is 1.80. The quantitative estimate of drug-likeness (QED) is 0.499. The number of rotatable bonds is 5. The van der Waals surface area contributed by atoms with E-state index in [9.17, 15) is 4.79 Å². The molecule has 1 fully saturated rings. The van der Waals surface area contributed by atoms with Crippen LogP contribution in [0.3, 0.4) is 0 Å². The predicted molar refractivity (Wildman–Crippen MR) is 132 cm³/mol. The maximum Gasteiger partial charge on any atom is 0.255 e. The Morgan fingerprint density at radius 1 is 1.03 bits per heavy atom. The average molecular weight is 469 g/mol. The largest absolute Gasteiger partial charge is 0.544 e. The van der Waals surface area contributed by atoms with Crippen molar-refractivity contribution in [2.75, 3.05) is 24.8 Å². The number of anilines is 1. The van der Waals surface area contributed by atoms with Gasteiger partial charge in [0.25, 0.3) is 5.91 Å². The number of para-hydroxylation sites is 1. The zero-order valence-electron chi connectivity index (χ0n) is 20.5. The lowest BCUT2D eigenvalue weighted by Crippen LogP contribution is -2.47. The molecule has 6 nitrogen and oxygen atoms in total. The van der Waals surface area contributed by atoms with E-state index >= 15 is 0 Å². The monoisotopic (exact) mass is 468 g/mol. The first kappa shape index (κ1) is 23.6. The maximum atomic E-state index is 14.1. The fourth-order valence-corrected chi connectivity index (χ4v) is 5.19. The van der Waals surface area contributed by atoms with Gasteiger partial charge in [0.1, 0.15) is 24.2 Å². The third-order valence-corrected chi connectivity index (χ3v) is 11.4. The van der Waals surface area contributed by atoms with Crippen molar-refractivity contribution in [3.05, 3.63) is 65.8 Å². The van der Waals surface area contributed by atoms with Crippen LogP contribution >= 0.6 is 0 Å². The number of hydrogen-bond acceptors (Lipinski definition) is 5. The van der Waals surface area contributed by atoms with E-state index in [4.69, 9.17) is 13.7 Å². The summed E-state index contributed by atoms with van der Waals surface area (Å²) in [4.78, 5) is 22.3. The van der Waals surface area contributed by atoms with Crippen LogP contribution in [0.1, 0.15) is 51.8 Å². The van der Waals surface area contributed by atoms with Crippen molar-refractivity contribution >= 4 is 19.9 Å². The predicted octanol–water partition coefficient (Wildman–Crippen LogP) is 6.06. The summed E-state index contributed by atoms with van der Waals surface area (Å²) in [6.45, 7) is 12.8. The SMILES string of the molecule is CC(C)(C)[Si](C)(C)OC1=C(C(=O)N2CCCCC2)C(c2ccco2)N(c2ccccc2)OC1. The number of nitrogens with zero attached hydrogens (tertiary/aromatic N) is 2. The summed E-state index contributed by atoms with van der Waals surface area (Å²) in [6, 6.07) is 13.1. The lowest BCUT2D eigenvalue weighted by molar-refractivity contribution is -0.129. The van der Waals surface area contributed by atoms with Crippen molar-refractivity contribution in [2.24, 2.45) is 0 Å². The Bertz CT molecular complexity index is 973. The van der Waals surface area contributed by atoms with E-state index in [1.807, 2.05) is 47.4 Å². The van der Waals surface area contributed by atoms with E-state index in [0.717, 1.165) is 38.0 Å². The minimum absolute atomic E-state index is 0.00394. The van der Waals surface area contributed by atoms with Crippen molar-refractivity contribution < 1.29 is 18.5 Å².